The number of rotatable bonds is 12. The minimum Gasteiger partial charge on any atom is -0.494 e. The topological polar surface area (TPSA) is 130 Å². The Kier molecular flexibility index (Phi) is 9.18. The van der Waals surface area contributed by atoms with Crippen LogP contribution in [-0.4, -0.2) is 41.0 Å². The van der Waals surface area contributed by atoms with E-state index in [-0.39, 0.29) is 11.3 Å². The van der Waals surface area contributed by atoms with Crippen LogP contribution in [-0.2, 0) is 11.3 Å². The number of carboxylic acids is 1. The molecule has 0 atom stereocenters. The van der Waals surface area contributed by atoms with E-state index in [9.17, 15) is 14.4 Å². The molecule has 0 aliphatic rings. The Labute approximate surface area is 203 Å². The summed E-state index contributed by atoms with van der Waals surface area (Å²) in [6.07, 6.45) is 3.29. The Bertz CT molecular complexity index is 1150. The Morgan fingerprint density at radius 2 is 1.74 bits per heavy atom. The predicted octanol–water partition coefficient (Wildman–Crippen LogP) is 3.94. The first-order valence-corrected chi connectivity index (χ1v) is 11.3. The summed E-state index contributed by atoms with van der Waals surface area (Å²) in [4.78, 5) is 40.3. The number of unbranched alkanes of at least 4 members (excludes halogenated alkanes) is 1. The molecule has 0 spiro atoms. The Hall–Kier alpha value is -4.40. The first-order valence-electron chi connectivity index (χ1n) is 11.3. The van der Waals surface area contributed by atoms with Crippen LogP contribution in [0.2, 0.25) is 0 Å². The third-order valence-corrected chi connectivity index (χ3v) is 4.97. The van der Waals surface area contributed by atoms with Crippen molar-refractivity contribution in [1.29, 1.82) is 0 Å². The van der Waals surface area contributed by atoms with Gasteiger partial charge in [-0.2, -0.15) is 0 Å². The molecular formula is C26H28N4O5. The third kappa shape index (κ3) is 7.85. The van der Waals surface area contributed by atoms with Gasteiger partial charge in [0, 0.05) is 18.4 Å². The highest BCUT2D eigenvalue weighted by molar-refractivity contribution is 6.06. The molecule has 0 unspecified atom stereocenters. The quantitative estimate of drug-likeness (QED) is 0.291. The average molecular weight is 477 g/mol. The molecule has 0 radical (unpaired) electrons. The van der Waals surface area contributed by atoms with E-state index in [2.05, 4.69) is 27.9 Å². The summed E-state index contributed by atoms with van der Waals surface area (Å²) >= 11 is 0. The minimum absolute atomic E-state index is 0.00712. The molecule has 182 valence electrons. The fourth-order valence-electron chi connectivity index (χ4n) is 3.11. The average Bonchev–Trinajstić information content (AvgIpc) is 2.87. The molecule has 0 saturated heterocycles. The van der Waals surface area contributed by atoms with Gasteiger partial charge in [-0.3, -0.25) is 14.4 Å². The van der Waals surface area contributed by atoms with E-state index in [1.54, 1.807) is 24.3 Å². The van der Waals surface area contributed by atoms with E-state index in [0.29, 0.717) is 24.5 Å². The number of hydrogen-bond acceptors (Lipinski definition) is 6. The zero-order valence-electron chi connectivity index (χ0n) is 19.4. The highest BCUT2D eigenvalue weighted by atomic mass is 16.5. The van der Waals surface area contributed by atoms with Crippen molar-refractivity contribution in [3.63, 3.8) is 0 Å². The number of carbonyl (C=O) groups is 3. The van der Waals surface area contributed by atoms with Crippen LogP contribution in [0.4, 0.5) is 11.4 Å². The van der Waals surface area contributed by atoms with Crippen molar-refractivity contribution < 1.29 is 24.2 Å². The van der Waals surface area contributed by atoms with Gasteiger partial charge in [0.25, 0.3) is 11.8 Å². The van der Waals surface area contributed by atoms with Gasteiger partial charge in [0.15, 0.2) is 5.69 Å². The van der Waals surface area contributed by atoms with Gasteiger partial charge >= 0.3 is 5.97 Å². The van der Waals surface area contributed by atoms with Gasteiger partial charge in [0.2, 0.25) is 0 Å². The fraction of sp³-hybridized carbons (Fsp3) is 0.231. The number of hydrogen-bond donors (Lipinski definition) is 4. The van der Waals surface area contributed by atoms with E-state index < -0.39 is 24.3 Å². The molecule has 0 aliphatic carbocycles. The number of aromatic nitrogens is 1. The van der Waals surface area contributed by atoms with Crippen LogP contribution in [0.1, 0.15) is 46.2 Å². The summed E-state index contributed by atoms with van der Waals surface area (Å²) < 4.78 is 5.63. The highest BCUT2D eigenvalue weighted by Crippen LogP contribution is 2.20. The molecule has 9 heteroatoms. The second-order valence-corrected chi connectivity index (χ2v) is 7.72. The third-order valence-electron chi connectivity index (χ3n) is 4.97. The van der Waals surface area contributed by atoms with Gasteiger partial charge in [-0.25, -0.2) is 4.98 Å². The molecule has 3 aromatic rings. The van der Waals surface area contributed by atoms with E-state index in [1.807, 2.05) is 30.3 Å². The minimum atomic E-state index is -1.17. The van der Waals surface area contributed by atoms with Gasteiger partial charge in [0.05, 0.1) is 17.9 Å². The lowest BCUT2D eigenvalue weighted by atomic mass is 10.1. The van der Waals surface area contributed by atoms with Crippen molar-refractivity contribution >= 4 is 29.2 Å². The predicted molar refractivity (Wildman–Crippen MR) is 133 cm³/mol. The molecule has 2 amide bonds. The summed E-state index contributed by atoms with van der Waals surface area (Å²) in [5.74, 6) is -1.51. The van der Waals surface area contributed by atoms with Gasteiger partial charge in [-0.15, -0.1) is 0 Å². The largest absolute Gasteiger partial charge is 0.494 e. The Morgan fingerprint density at radius 1 is 1.00 bits per heavy atom. The molecule has 2 aromatic carbocycles. The van der Waals surface area contributed by atoms with Crippen LogP contribution >= 0.6 is 0 Å². The summed E-state index contributed by atoms with van der Waals surface area (Å²) in [5.41, 5.74) is 2.08. The molecular weight excluding hydrogens is 448 g/mol. The van der Waals surface area contributed by atoms with Crippen LogP contribution in [0, 0.1) is 0 Å². The molecule has 0 bridgehead atoms. The number of anilines is 2. The maximum atomic E-state index is 12.8. The van der Waals surface area contributed by atoms with Gasteiger partial charge in [-0.05, 0) is 42.3 Å². The number of nitrogens with one attached hydrogen (secondary N) is 3. The van der Waals surface area contributed by atoms with E-state index in [0.717, 1.165) is 24.2 Å². The van der Waals surface area contributed by atoms with Crippen molar-refractivity contribution in [3.8, 4) is 5.75 Å². The molecule has 1 heterocycles. The van der Waals surface area contributed by atoms with Crippen LogP contribution in [0.5, 0.6) is 5.75 Å². The molecule has 0 aliphatic heterocycles. The maximum absolute atomic E-state index is 12.8. The summed E-state index contributed by atoms with van der Waals surface area (Å²) in [5, 5.41) is 17.1. The molecule has 0 fully saturated rings. The van der Waals surface area contributed by atoms with Gasteiger partial charge < -0.3 is 25.8 Å². The lowest BCUT2D eigenvalue weighted by Crippen LogP contribution is -2.30. The number of benzene rings is 2. The number of carboxylic acid groups (broad SMARTS) is 1. The number of pyridine rings is 1. The van der Waals surface area contributed by atoms with E-state index >= 15 is 0 Å². The zero-order valence-corrected chi connectivity index (χ0v) is 19.4. The molecule has 3 rings (SSSR count). The molecule has 4 N–H and O–H groups in total. The van der Waals surface area contributed by atoms with Crippen LogP contribution in [0.15, 0.2) is 66.9 Å². The SMILES string of the molecule is CCCCOc1ccc(NC(=O)c2cnc(C(=O)NCC(=O)O)c(NCc3ccccc3)c2)cc1. The lowest BCUT2D eigenvalue weighted by Gasteiger charge is -2.13. The number of aliphatic carboxylic acids is 1. The molecule has 0 saturated carbocycles. The summed E-state index contributed by atoms with van der Waals surface area (Å²) in [6, 6.07) is 18.1. The first-order chi connectivity index (χ1) is 17.0. The molecule has 1 aromatic heterocycles. The smallest absolute Gasteiger partial charge is 0.322 e. The van der Waals surface area contributed by atoms with Crippen molar-refractivity contribution in [2.75, 3.05) is 23.8 Å². The van der Waals surface area contributed by atoms with Crippen molar-refractivity contribution in [2.24, 2.45) is 0 Å². The van der Waals surface area contributed by atoms with Crippen LogP contribution in [0.3, 0.4) is 0 Å². The number of amides is 2. The highest BCUT2D eigenvalue weighted by Gasteiger charge is 2.17. The second kappa shape index (κ2) is 12.7. The van der Waals surface area contributed by atoms with Gasteiger partial charge in [-0.1, -0.05) is 43.7 Å². The maximum Gasteiger partial charge on any atom is 0.322 e. The van der Waals surface area contributed by atoms with Crippen molar-refractivity contribution in [2.45, 2.75) is 26.3 Å². The monoisotopic (exact) mass is 476 g/mol. The van der Waals surface area contributed by atoms with E-state index in [1.165, 1.54) is 12.3 Å². The number of carbonyl (C=O) groups excluding carboxylic acids is 2. The van der Waals surface area contributed by atoms with Crippen LogP contribution in [0.25, 0.3) is 0 Å². The van der Waals surface area contributed by atoms with E-state index in [4.69, 9.17) is 9.84 Å². The first kappa shape index (κ1) is 25.2. The summed E-state index contributed by atoms with van der Waals surface area (Å²) in [6.45, 7) is 2.57. The van der Waals surface area contributed by atoms with Gasteiger partial charge in [0.1, 0.15) is 12.3 Å². The Balaban J connectivity index is 1.74. The van der Waals surface area contributed by atoms with Crippen LogP contribution < -0.4 is 20.7 Å². The number of ether oxygens (including phenoxy) is 1. The zero-order chi connectivity index (χ0) is 25.0. The van der Waals surface area contributed by atoms with Crippen molar-refractivity contribution in [1.82, 2.24) is 10.3 Å². The van der Waals surface area contributed by atoms with Crippen molar-refractivity contribution in [3.05, 3.63) is 83.7 Å². The normalized spacial score (nSPS) is 10.3. The summed E-state index contributed by atoms with van der Waals surface area (Å²) in [7, 11) is 0. The standard InChI is InChI=1S/C26H28N4O5/c1-2-3-13-35-21-11-9-20(10-12-21)30-25(33)19-14-22(27-15-18-7-5-4-6-8-18)24(28-16-19)26(34)29-17-23(31)32/h4-12,14,16,27H,2-3,13,15,17H2,1H3,(H,29,34)(H,30,33)(H,31,32). The molecule has 9 nitrogen and oxygen atoms in total. The molecule has 35 heavy (non-hydrogen) atoms. The second-order valence-electron chi connectivity index (χ2n) is 7.72. The lowest BCUT2D eigenvalue weighted by molar-refractivity contribution is -0.135. The number of nitrogens with zero attached hydrogens (tertiary/aromatic N) is 1. The fourth-order valence-corrected chi connectivity index (χ4v) is 3.11. The Morgan fingerprint density at radius 3 is 2.43 bits per heavy atom.